The topological polar surface area (TPSA) is 32.3 Å². The quantitative estimate of drug-likeness (QED) is 0.919. The minimum Gasteiger partial charge on any atom is -0.342 e. The second-order valence-corrected chi connectivity index (χ2v) is 6.48. The van der Waals surface area contributed by atoms with Crippen molar-refractivity contribution in [2.45, 2.75) is 45.7 Å². The monoisotopic (exact) mass is 280 g/mol. The SMILES string of the molecule is CC(C)C(=O)N1CCC(NC(C)c2ccsc2)CC1. The zero-order valence-electron chi connectivity index (χ0n) is 12.1. The lowest BCUT2D eigenvalue weighted by atomic mass is 10.0. The molecule has 1 aromatic heterocycles. The van der Waals surface area contributed by atoms with Crippen LogP contribution in [0.3, 0.4) is 0 Å². The first-order chi connectivity index (χ1) is 9.08. The van der Waals surface area contributed by atoms with E-state index in [-0.39, 0.29) is 5.92 Å². The standard InChI is InChI=1S/C15H24N2OS/c1-11(2)15(18)17-7-4-14(5-8-17)16-12(3)13-6-9-19-10-13/h6,9-12,14,16H,4-5,7-8H2,1-3H3. The van der Waals surface area contributed by atoms with Gasteiger partial charge in [-0.25, -0.2) is 0 Å². The summed E-state index contributed by atoms with van der Waals surface area (Å²) in [6, 6.07) is 3.12. The number of likely N-dealkylation sites (tertiary alicyclic amines) is 1. The molecule has 1 amide bonds. The number of carbonyl (C=O) groups is 1. The van der Waals surface area contributed by atoms with E-state index in [4.69, 9.17) is 0 Å². The van der Waals surface area contributed by atoms with Gasteiger partial charge >= 0.3 is 0 Å². The van der Waals surface area contributed by atoms with E-state index in [1.807, 2.05) is 18.7 Å². The van der Waals surface area contributed by atoms with Gasteiger partial charge in [-0.05, 0) is 42.2 Å². The first kappa shape index (κ1) is 14.5. The van der Waals surface area contributed by atoms with Crippen LogP contribution in [0.15, 0.2) is 16.8 Å². The van der Waals surface area contributed by atoms with Crippen LogP contribution in [0.1, 0.15) is 45.2 Å². The van der Waals surface area contributed by atoms with Crippen LogP contribution >= 0.6 is 11.3 Å². The minimum absolute atomic E-state index is 0.120. The molecular weight excluding hydrogens is 256 g/mol. The Balaban J connectivity index is 1.79. The van der Waals surface area contributed by atoms with Gasteiger partial charge in [0.05, 0.1) is 0 Å². The molecule has 106 valence electrons. The van der Waals surface area contributed by atoms with Gasteiger partial charge in [-0.3, -0.25) is 4.79 Å². The number of piperidine rings is 1. The molecule has 19 heavy (non-hydrogen) atoms. The molecule has 0 aromatic carbocycles. The van der Waals surface area contributed by atoms with E-state index in [0.29, 0.717) is 18.0 Å². The van der Waals surface area contributed by atoms with Gasteiger partial charge in [0.2, 0.25) is 5.91 Å². The first-order valence-corrected chi connectivity index (χ1v) is 8.09. The maximum absolute atomic E-state index is 11.9. The first-order valence-electron chi connectivity index (χ1n) is 7.15. The maximum atomic E-state index is 11.9. The summed E-state index contributed by atoms with van der Waals surface area (Å²) in [5.41, 5.74) is 1.37. The smallest absolute Gasteiger partial charge is 0.225 e. The number of carbonyl (C=O) groups excluding carboxylic acids is 1. The average Bonchev–Trinajstić information content (AvgIpc) is 2.92. The van der Waals surface area contributed by atoms with Gasteiger partial charge in [0.25, 0.3) is 0 Å². The van der Waals surface area contributed by atoms with Crippen molar-refractivity contribution in [2.75, 3.05) is 13.1 Å². The molecule has 0 bridgehead atoms. The molecule has 1 aliphatic rings. The van der Waals surface area contributed by atoms with Crippen LogP contribution in [0, 0.1) is 5.92 Å². The van der Waals surface area contributed by atoms with E-state index in [9.17, 15) is 4.79 Å². The molecule has 1 N–H and O–H groups in total. The van der Waals surface area contributed by atoms with E-state index >= 15 is 0 Å². The fraction of sp³-hybridized carbons (Fsp3) is 0.667. The van der Waals surface area contributed by atoms with Crippen molar-refractivity contribution in [3.63, 3.8) is 0 Å². The van der Waals surface area contributed by atoms with E-state index in [1.54, 1.807) is 11.3 Å². The Kier molecular flexibility index (Phi) is 4.99. The normalized spacial score (nSPS) is 18.8. The third kappa shape index (κ3) is 3.80. The molecule has 0 saturated carbocycles. The predicted octanol–water partition coefficient (Wildman–Crippen LogP) is 3.05. The predicted molar refractivity (Wildman–Crippen MR) is 80.3 cm³/mol. The zero-order chi connectivity index (χ0) is 13.8. The highest BCUT2D eigenvalue weighted by molar-refractivity contribution is 7.07. The van der Waals surface area contributed by atoms with Crippen molar-refractivity contribution in [3.8, 4) is 0 Å². The van der Waals surface area contributed by atoms with Crippen molar-refractivity contribution in [1.29, 1.82) is 0 Å². The Hall–Kier alpha value is -0.870. The zero-order valence-corrected chi connectivity index (χ0v) is 12.9. The van der Waals surface area contributed by atoms with Crippen molar-refractivity contribution < 1.29 is 4.79 Å². The second kappa shape index (κ2) is 6.53. The number of hydrogen-bond acceptors (Lipinski definition) is 3. The van der Waals surface area contributed by atoms with Crippen LogP contribution in [-0.2, 0) is 4.79 Å². The Labute approximate surface area is 120 Å². The number of nitrogens with one attached hydrogen (secondary N) is 1. The van der Waals surface area contributed by atoms with E-state index in [1.165, 1.54) is 5.56 Å². The molecular formula is C15H24N2OS. The summed E-state index contributed by atoms with van der Waals surface area (Å²) in [5.74, 6) is 0.415. The summed E-state index contributed by atoms with van der Waals surface area (Å²) in [7, 11) is 0. The molecule has 0 aliphatic carbocycles. The summed E-state index contributed by atoms with van der Waals surface area (Å²) in [5, 5.41) is 8.00. The highest BCUT2D eigenvalue weighted by atomic mass is 32.1. The Morgan fingerprint density at radius 1 is 1.37 bits per heavy atom. The highest BCUT2D eigenvalue weighted by Crippen LogP contribution is 2.20. The van der Waals surface area contributed by atoms with Gasteiger partial charge in [-0.2, -0.15) is 11.3 Å². The fourth-order valence-corrected chi connectivity index (χ4v) is 3.36. The van der Waals surface area contributed by atoms with E-state index < -0.39 is 0 Å². The third-order valence-corrected chi connectivity index (χ3v) is 4.53. The molecule has 1 saturated heterocycles. The Bertz CT molecular complexity index is 394. The van der Waals surface area contributed by atoms with Gasteiger partial charge in [0.1, 0.15) is 0 Å². The lowest BCUT2D eigenvalue weighted by Crippen LogP contribution is -2.46. The number of nitrogens with zero attached hydrogens (tertiary/aromatic N) is 1. The lowest BCUT2D eigenvalue weighted by molar-refractivity contribution is -0.135. The molecule has 1 fully saturated rings. The summed E-state index contributed by atoms with van der Waals surface area (Å²) < 4.78 is 0. The Morgan fingerprint density at radius 2 is 2.05 bits per heavy atom. The fourth-order valence-electron chi connectivity index (χ4n) is 2.60. The maximum Gasteiger partial charge on any atom is 0.225 e. The molecule has 0 spiro atoms. The molecule has 1 unspecified atom stereocenters. The van der Waals surface area contributed by atoms with Crippen LogP contribution < -0.4 is 5.32 Å². The average molecular weight is 280 g/mol. The molecule has 4 heteroatoms. The van der Waals surface area contributed by atoms with Gasteiger partial charge in [0, 0.05) is 31.1 Å². The summed E-state index contributed by atoms with van der Waals surface area (Å²) in [6.07, 6.45) is 2.12. The van der Waals surface area contributed by atoms with Crippen molar-refractivity contribution >= 4 is 17.2 Å². The second-order valence-electron chi connectivity index (χ2n) is 5.70. The number of rotatable bonds is 4. The molecule has 1 atom stereocenters. The molecule has 1 aromatic rings. The van der Waals surface area contributed by atoms with Crippen molar-refractivity contribution in [1.82, 2.24) is 10.2 Å². The molecule has 1 aliphatic heterocycles. The van der Waals surface area contributed by atoms with Gasteiger partial charge < -0.3 is 10.2 Å². The lowest BCUT2D eigenvalue weighted by Gasteiger charge is -2.34. The molecule has 3 nitrogen and oxygen atoms in total. The molecule has 0 radical (unpaired) electrons. The number of amides is 1. The summed E-state index contributed by atoms with van der Waals surface area (Å²) in [4.78, 5) is 13.9. The van der Waals surface area contributed by atoms with E-state index in [2.05, 4.69) is 29.1 Å². The summed E-state index contributed by atoms with van der Waals surface area (Å²) >= 11 is 1.74. The minimum atomic E-state index is 0.120. The molecule has 2 heterocycles. The van der Waals surface area contributed by atoms with Gasteiger partial charge in [0.15, 0.2) is 0 Å². The van der Waals surface area contributed by atoms with Crippen molar-refractivity contribution in [2.24, 2.45) is 5.92 Å². The van der Waals surface area contributed by atoms with Crippen LogP contribution in [0.5, 0.6) is 0 Å². The van der Waals surface area contributed by atoms with Crippen LogP contribution in [-0.4, -0.2) is 29.9 Å². The van der Waals surface area contributed by atoms with E-state index in [0.717, 1.165) is 25.9 Å². The van der Waals surface area contributed by atoms with Crippen LogP contribution in [0.4, 0.5) is 0 Å². The summed E-state index contributed by atoms with van der Waals surface area (Å²) in [6.45, 7) is 7.96. The third-order valence-electron chi connectivity index (χ3n) is 3.83. The number of hydrogen-bond donors (Lipinski definition) is 1. The van der Waals surface area contributed by atoms with Crippen LogP contribution in [0.2, 0.25) is 0 Å². The number of thiophene rings is 1. The molecule has 2 rings (SSSR count). The highest BCUT2D eigenvalue weighted by Gasteiger charge is 2.25. The largest absolute Gasteiger partial charge is 0.342 e. The van der Waals surface area contributed by atoms with Gasteiger partial charge in [-0.1, -0.05) is 13.8 Å². The van der Waals surface area contributed by atoms with Crippen LogP contribution in [0.25, 0.3) is 0 Å². The van der Waals surface area contributed by atoms with Gasteiger partial charge in [-0.15, -0.1) is 0 Å². The van der Waals surface area contributed by atoms with Crippen molar-refractivity contribution in [3.05, 3.63) is 22.4 Å². The Morgan fingerprint density at radius 3 is 2.58 bits per heavy atom.